The molecule has 0 amide bonds. The Kier molecular flexibility index (Phi) is 5.05. The first kappa shape index (κ1) is 17.0. The van der Waals surface area contributed by atoms with Gasteiger partial charge in [-0.2, -0.15) is 13.2 Å². The Balaban J connectivity index is 2.57. The summed E-state index contributed by atoms with van der Waals surface area (Å²) in [5.41, 5.74) is 0.00691. The lowest BCUT2D eigenvalue weighted by Crippen LogP contribution is -2.08. The van der Waals surface area contributed by atoms with Crippen LogP contribution in [0.15, 0.2) is 42.5 Å². The molecule has 0 radical (unpaired) electrons. The number of ether oxygens (including phenoxy) is 1. The van der Waals surface area contributed by atoms with E-state index in [9.17, 15) is 23.1 Å². The molecule has 0 fully saturated rings. The van der Waals surface area contributed by atoms with E-state index in [2.05, 4.69) is 0 Å². The lowest BCUT2D eigenvalue weighted by atomic mass is 9.94. The van der Waals surface area contributed by atoms with Gasteiger partial charge in [0.1, 0.15) is 0 Å². The molecule has 0 spiro atoms. The van der Waals surface area contributed by atoms with E-state index in [4.69, 9.17) is 4.74 Å². The molecule has 2 rings (SSSR count). The number of rotatable bonds is 5. The Hall–Kier alpha value is -2.34. The highest BCUT2D eigenvalue weighted by Crippen LogP contribution is 2.34. The molecule has 0 heterocycles. The summed E-state index contributed by atoms with van der Waals surface area (Å²) >= 11 is 0. The lowest BCUT2D eigenvalue weighted by molar-refractivity contribution is -0.137. The van der Waals surface area contributed by atoms with Crippen molar-refractivity contribution in [3.63, 3.8) is 0 Å². The van der Waals surface area contributed by atoms with Gasteiger partial charge in [-0.1, -0.05) is 30.3 Å². The van der Waals surface area contributed by atoms with Crippen LogP contribution in [0.4, 0.5) is 13.2 Å². The molecule has 0 aromatic heterocycles. The fourth-order valence-electron chi connectivity index (χ4n) is 2.29. The van der Waals surface area contributed by atoms with Gasteiger partial charge in [-0.15, -0.1) is 0 Å². The largest absolute Gasteiger partial charge is 0.478 e. The van der Waals surface area contributed by atoms with Crippen LogP contribution in [0, 0.1) is 0 Å². The third-order valence-electron chi connectivity index (χ3n) is 3.33. The van der Waals surface area contributed by atoms with Crippen LogP contribution in [-0.4, -0.2) is 17.7 Å². The molecule has 0 unspecified atom stereocenters. The molecule has 0 aliphatic rings. The molecule has 6 heteroatoms. The molecule has 23 heavy (non-hydrogen) atoms. The summed E-state index contributed by atoms with van der Waals surface area (Å²) in [4.78, 5) is 11.6. The molecule has 0 aliphatic carbocycles. The molecule has 0 saturated carbocycles. The van der Waals surface area contributed by atoms with Crippen molar-refractivity contribution in [1.82, 2.24) is 0 Å². The second kappa shape index (κ2) is 6.83. The van der Waals surface area contributed by atoms with Crippen molar-refractivity contribution in [2.75, 3.05) is 6.61 Å². The van der Waals surface area contributed by atoms with Crippen molar-refractivity contribution in [3.8, 4) is 11.1 Å². The molecule has 1 N–H and O–H groups in total. The monoisotopic (exact) mass is 324 g/mol. The van der Waals surface area contributed by atoms with Crippen molar-refractivity contribution in [1.29, 1.82) is 0 Å². The molecular formula is C17H15F3O3. The first-order chi connectivity index (χ1) is 10.8. The summed E-state index contributed by atoms with van der Waals surface area (Å²) in [5, 5.41) is 9.46. The summed E-state index contributed by atoms with van der Waals surface area (Å²) < 4.78 is 43.8. The van der Waals surface area contributed by atoms with Gasteiger partial charge in [0.15, 0.2) is 0 Å². The molecule has 0 saturated heterocycles. The van der Waals surface area contributed by atoms with Crippen LogP contribution in [0.1, 0.15) is 28.4 Å². The van der Waals surface area contributed by atoms with Crippen molar-refractivity contribution < 1.29 is 27.8 Å². The number of hydrogen-bond donors (Lipinski definition) is 1. The smallest absolute Gasteiger partial charge is 0.416 e. The first-order valence-electron chi connectivity index (χ1n) is 6.95. The Bertz CT molecular complexity index is 708. The molecule has 0 bridgehead atoms. The number of hydrogen-bond acceptors (Lipinski definition) is 2. The highest BCUT2D eigenvalue weighted by molar-refractivity contribution is 5.97. The zero-order valence-electron chi connectivity index (χ0n) is 12.4. The third kappa shape index (κ3) is 3.90. The second-order valence-corrected chi connectivity index (χ2v) is 4.86. The van der Waals surface area contributed by atoms with E-state index in [0.717, 1.165) is 12.1 Å². The average molecular weight is 324 g/mol. The Morgan fingerprint density at radius 2 is 1.87 bits per heavy atom. The van der Waals surface area contributed by atoms with E-state index in [1.54, 1.807) is 19.1 Å². The fourth-order valence-corrected chi connectivity index (χ4v) is 2.29. The highest BCUT2D eigenvalue weighted by atomic mass is 19.4. The van der Waals surface area contributed by atoms with Gasteiger partial charge < -0.3 is 9.84 Å². The number of benzene rings is 2. The predicted molar refractivity (Wildman–Crippen MR) is 79.2 cm³/mol. The van der Waals surface area contributed by atoms with Crippen LogP contribution in [0.5, 0.6) is 0 Å². The van der Waals surface area contributed by atoms with Gasteiger partial charge >= 0.3 is 12.1 Å². The normalized spacial score (nSPS) is 11.5. The number of carboxylic acids is 1. The molecule has 2 aromatic rings. The molecule has 0 aliphatic heterocycles. The Labute approximate surface area is 131 Å². The SMILES string of the molecule is CCOCc1cccc(-c2cccc(C(F)(F)F)c2)c1C(=O)O. The number of aromatic carboxylic acids is 1. The summed E-state index contributed by atoms with van der Waals surface area (Å²) in [6, 6.07) is 9.32. The summed E-state index contributed by atoms with van der Waals surface area (Å²) in [7, 11) is 0. The van der Waals surface area contributed by atoms with E-state index < -0.39 is 17.7 Å². The lowest BCUT2D eigenvalue weighted by Gasteiger charge is -2.13. The van der Waals surface area contributed by atoms with Gasteiger partial charge in [-0.3, -0.25) is 0 Å². The average Bonchev–Trinajstić information content (AvgIpc) is 2.51. The maximum Gasteiger partial charge on any atom is 0.416 e. The zero-order valence-corrected chi connectivity index (χ0v) is 12.4. The third-order valence-corrected chi connectivity index (χ3v) is 3.33. The van der Waals surface area contributed by atoms with Crippen LogP contribution in [0.2, 0.25) is 0 Å². The van der Waals surface area contributed by atoms with Crippen molar-refractivity contribution in [2.24, 2.45) is 0 Å². The standard InChI is InChI=1S/C17H15F3O3/c1-2-23-10-12-6-4-8-14(15(12)16(21)22)11-5-3-7-13(9-11)17(18,19)20/h3-9H,2,10H2,1H3,(H,21,22). The molecule has 2 aromatic carbocycles. The van der Waals surface area contributed by atoms with Crippen LogP contribution < -0.4 is 0 Å². The fraction of sp³-hybridized carbons (Fsp3) is 0.235. The predicted octanol–water partition coefficient (Wildman–Crippen LogP) is 4.61. The maximum atomic E-state index is 12.9. The van der Waals surface area contributed by atoms with E-state index >= 15 is 0 Å². The van der Waals surface area contributed by atoms with Gasteiger partial charge in [-0.05, 0) is 35.7 Å². The Morgan fingerprint density at radius 3 is 2.48 bits per heavy atom. The highest BCUT2D eigenvalue weighted by Gasteiger charge is 2.30. The van der Waals surface area contributed by atoms with Gasteiger partial charge in [0, 0.05) is 6.61 Å². The molecule has 0 atom stereocenters. The van der Waals surface area contributed by atoms with E-state index in [-0.39, 0.29) is 23.3 Å². The number of halogens is 3. The zero-order chi connectivity index (χ0) is 17.0. The van der Waals surface area contributed by atoms with Crippen molar-refractivity contribution >= 4 is 5.97 Å². The van der Waals surface area contributed by atoms with Crippen molar-refractivity contribution in [2.45, 2.75) is 19.7 Å². The molecule has 122 valence electrons. The van der Waals surface area contributed by atoms with E-state index in [1.807, 2.05) is 0 Å². The summed E-state index contributed by atoms with van der Waals surface area (Å²) in [6.07, 6.45) is -4.48. The van der Waals surface area contributed by atoms with Gasteiger partial charge in [0.25, 0.3) is 0 Å². The van der Waals surface area contributed by atoms with Gasteiger partial charge in [0.05, 0.1) is 17.7 Å². The van der Waals surface area contributed by atoms with Gasteiger partial charge in [0.2, 0.25) is 0 Å². The first-order valence-corrected chi connectivity index (χ1v) is 6.95. The molecular weight excluding hydrogens is 309 g/mol. The van der Waals surface area contributed by atoms with Gasteiger partial charge in [-0.25, -0.2) is 4.79 Å². The maximum absolute atomic E-state index is 12.9. The summed E-state index contributed by atoms with van der Waals surface area (Å²) in [6.45, 7) is 2.27. The molecule has 3 nitrogen and oxygen atoms in total. The van der Waals surface area contributed by atoms with Crippen LogP contribution in [0.3, 0.4) is 0 Å². The minimum atomic E-state index is -4.48. The minimum absolute atomic E-state index is 0.0414. The number of carbonyl (C=O) groups is 1. The van der Waals surface area contributed by atoms with Crippen LogP contribution in [0.25, 0.3) is 11.1 Å². The quantitative estimate of drug-likeness (QED) is 0.874. The van der Waals surface area contributed by atoms with Crippen molar-refractivity contribution in [3.05, 3.63) is 59.2 Å². The number of carboxylic acid groups (broad SMARTS) is 1. The Morgan fingerprint density at radius 1 is 1.17 bits per heavy atom. The van der Waals surface area contributed by atoms with Crippen LogP contribution in [-0.2, 0) is 17.5 Å². The van der Waals surface area contributed by atoms with Crippen LogP contribution >= 0.6 is 0 Å². The topological polar surface area (TPSA) is 46.5 Å². The minimum Gasteiger partial charge on any atom is -0.478 e. The number of alkyl halides is 3. The van der Waals surface area contributed by atoms with E-state index in [1.165, 1.54) is 18.2 Å². The van der Waals surface area contributed by atoms with E-state index in [0.29, 0.717) is 12.2 Å². The summed E-state index contributed by atoms with van der Waals surface area (Å²) in [5.74, 6) is -1.20. The second-order valence-electron chi connectivity index (χ2n) is 4.86.